The van der Waals surface area contributed by atoms with Crippen LogP contribution in [-0.4, -0.2) is 15.7 Å². The van der Waals surface area contributed by atoms with Crippen molar-refractivity contribution in [1.82, 2.24) is 9.78 Å². The van der Waals surface area contributed by atoms with Gasteiger partial charge in [-0.1, -0.05) is 19.1 Å². The van der Waals surface area contributed by atoms with Gasteiger partial charge in [-0.15, -0.1) is 0 Å². The maximum Gasteiger partial charge on any atom is 0.336 e. The van der Waals surface area contributed by atoms with E-state index in [0.29, 0.717) is 28.7 Å². The summed E-state index contributed by atoms with van der Waals surface area (Å²) in [5.74, 6) is -0.0647. The summed E-state index contributed by atoms with van der Waals surface area (Å²) in [6.45, 7) is 4.07. The summed E-state index contributed by atoms with van der Waals surface area (Å²) in [7, 11) is 0. The van der Waals surface area contributed by atoms with Crippen molar-refractivity contribution in [3.63, 3.8) is 0 Å². The molecule has 0 unspecified atom stereocenters. The summed E-state index contributed by atoms with van der Waals surface area (Å²) in [5.41, 5.74) is 2.09. The second-order valence-electron chi connectivity index (χ2n) is 7.03. The molecule has 0 amide bonds. The monoisotopic (exact) mass is 404 g/mol. The van der Waals surface area contributed by atoms with Gasteiger partial charge in [0.05, 0.1) is 24.7 Å². The second kappa shape index (κ2) is 7.94. The van der Waals surface area contributed by atoms with E-state index < -0.39 is 11.6 Å². The lowest BCUT2D eigenvalue weighted by atomic mass is 10.1. The van der Waals surface area contributed by atoms with Crippen molar-refractivity contribution in [2.75, 3.05) is 0 Å². The first kappa shape index (κ1) is 19.6. The van der Waals surface area contributed by atoms with Crippen LogP contribution in [0.25, 0.3) is 21.9 Å². The standard InChI is InChI=1S/C23H20N2O5/c1-3-15-11-17-14(2)10-23(28)30-21(17)12-20(15)29-22(27)8-9-25-18-7-5-4-6-16(18)19(26)13-24-25/h4-7,10-13H,3,8-9H2,1-2H3. The van der Waals surface area contributed by atoms with Crippen molar-refractivity contribution in [1.29, 1.82) is 0 Å². The van der Waals surface area contributed by atoms with Crippen LogP contribution in [-0.2, 0) is 17.8 Å². The lowest BCUT2D eigenvalue weighted by Gasteiger charge is -2.12. The molecule has 0 aliphatic rings. The number of rotatable bonds is 5. The Morgan fingerprint density at radius 1 is 1.13 bits per heavy atom. The highest BCUT2D eigenvalue weighted by Gasteiger charge is 2.14. The molecule has 0 aliphatic carbocycles. The van der Waals surface area contributed by atoms with Crippen molar-refractivity contribution in [2.24, 2.45) is 0 Å². The summed E-state index contributed by atoms with van der Waals surface area (Å²) >= 11 is 0. The van der Waals surface area contributed by atoms with Gasteiger partial charge in [0.2, 0.25) is 5.43 Å². The van der Waals surface area contributed by atoms with E-state index in [2.05, 4.69) is 5.10 Å². The van der Waals surface area contributed by atoms with Gasteiger partial charge in [0, 0.05) is 22.9 Å². The number of hydrogen-bond acceptors (Lipinski definition) is 6. The Morgan fingerprint density at radius 2 is 1.93 bits per heavy atom. The number of ether oxygens (including phenoxy) is 1. The van der Waals surface area contributed by atoms with E-state index in [0.717, 1.165) is 16.5 Å². The van der Waals surface area contributed by atoms with Crippen LogP contribution in [0.15, 0.2) is 62.7 Å². The highest BCUT2D eigenvalue weighted by Crippen LogP contribution is 2.28. The van der Waals surface area contributed by atoms with Crippen molar-refractivity contribution in [3.05, 3.63) is 80.4 Å². The van der Waals surface area contributed by atoms with Crippen LogP contribution < -0.4 is 15.8 Å². The quantitative estimate of drug-likeness (QED) is 0.288. The van der Waals surface area contributed by atoms with Crippen molar-refractivity contribution in [3.8, 4) is 5.75 Å². The zero-order chi connectivity index (χ0) is 21.3. The van der Waals surface area contributed by atoms with Crippen LogP contribution in [0.3, 0.4) is 0 Å². The third kappa shape index (κ3) is 3.74. The molecule has 30 heavy (non-hydrogen) atoms. The Balaban J connectivity index is 1.57. The molecule has 0 aliphatic heterocycles. The number of carbonyl (C=O) groups is 1. The van der Waals surface area contributed by atoms with E-state index in [1.165, 1.54) is 12.3 Å². The van der Waals surface area contributed by atoms with E-state index in [-0.39, 0.29) is 18.4 Å². The highest BCUT2D eigenvalue weighted by molar-refractivity contribution is 5.84. The summed E-state index contributed by atoms with van der Waals surface area (Å²) in [6.07, 6.45) is 1.97. The van der Waals surface area contributed by atoms with Gasteiger partial charge in [-0.25, -0.2) is 4.79 Å². The third-order valence-corrected chi connectivity index (χ3v) is 5.03. The van der Waals surface area contributed by atoms with E-state index in [4.69, 9.17) is 9.15 Å². The average molecular weight is 404 g/mol. The van der Waals surface area contributed by atoms with Crippen LogP contribution in [0.5, 0.6) is 5.75 Å². The third-order valence-electron chi connectivity index (χ3n) is 5.03. The maximum absolute atomic E-state index is 12.5. The van der Waals surface area contributed by atoms with Gasteiger partial charge < -0.3 is 9.15 Å². The van der Waals surface area contributed by atoms with Crippen LogP contribution in [0, 0.1) is 6.92 Å². The molecule has 152 valence electrons. The number of carbonyl (C=O) groups excluding carboxylic acids is 1. The van der Waals surface area contributed by atoms with Crippen LogP contribution in [0.2, 0.25) is 0 Å². The predicted molar refractivity (Wildman–Crippen MR) is 113 cm³/mol. The predicted octanol–water partition coefficient (Wildman–Crippen LogP) is 3.37. The first-order valence-corrected chi connectivity index (χ1v) is 9.69. The number of benzene rings is 2. The minimum Gasteiger partial charge on any atom is -0.426 e. The molecule has 0 radical (unpaired) electrons. The van der Waals surface area contributed by atoms with Gasteiger partial charge in [-0.3, -0.25) is 14.3 Å². The Labute approximate surface area is 171 Å². The highest BCUT2D eigenvalue weighted by atomic mass is 16.5. The summed E-state index contributed by atoms with van der Waals surface area (Å²) in [5, 5.41) is 5.49. The van der Waals surface area contributed by atoms with Crippen LogP contribution in [0.4, 0.5) is 0 Å². The molecule has 0 saturated heterocycles. The lowest BCUT2D eigenvalue weighted by molar-refractivity contribution is -0.134. The van der Waals surface area contributed by atoms with Gasteiger partial charge in [-0.2, -0.15) is 5.10 Å². The van der Waals surface area contributed by atoms with Gasteiger partial charge in [0.25, 0.3) is 0 Å². The molecule has 0 saturated carbocycles. The largest absolute Gasteiger partial charge is 0.426 e. The van der Waals surface area contributed by atoms with Gasteiger partial charge in [0.15, 0.2) is 0 Å². The normalized spacial score (nSPS) is 11.1. The van der Waals surface area contributed by atoms with Crippen molar-refractivity contribution >= 4 is 27.8 Å². The smallest absolute Gasteiger partial charge is 0.336 e. The number of fused-ring (bicyclic) bond motifs is 2. The Bertz CT molecular complexity index is 1380. The summed E-state index contributed by atoms with van der Waals surface area (Å²) in [6, 6.07) is 12.0. The fourth-order valence-corrected chi connectivity index (χ4v) is 3.47. The minimum atomic E-state index is -0.447. The molecular weight excluding hydrogens is 384 g/mol. The molecule has 4 rings (SSSR count). The van der Waals surface area contributed by atoms with Gasteiger partial charge >= 0.3 is 11.6 Å². The van der Waals surface area contributed by atoms with Gasteiger partial charge in [0.1, 0.15) is 11.3 Å². The van der Waals surface area contributed by atoms with E-state index in [1.54, 1.807) is 28.9 Å². The molecule has 0 fully saturated rings. The molecule has 2 aromatic carbocycles. The van der Waals surface area contributed by atoms with E-state index >= 15 is 0 Å². The number of aryl methyl sites for hydroxylation is 3. The number of esters is 1. The Hall–Kier alpha value is -3.74. The van der Waals surface area contributed by atoms with Crippen LogP contribution >= 0.6 is 0 Å². The fourth-order valence-electron chi connectivity index (χ4n) is 3.47. The SMILES string of the molecule is CCc1cc2c(C)cc(=O)oc2cc1OC(=O)CCn1ncc(=O)c2ccccc21. The lowest BCUT2D eigenvalue weighted by Crippen LogP contribution is -2.17. The van der Waals surface area contributed by atoms with Gasteiger partial charge in [-0.05, 0) is 42.7 Å². The zero-order valence-corrected chi connectivity index (χ0v) is 16.7. The van der Waals surface area contributed by atoms with Crippen molar-refractivity contribution < 1.29 is 13.9 Å². The summed E-state index contributed by atoms with van der Waals surface area (Å²) < 4.78 is 12.5. The Kier molecular flexibility index (Phi) is 5.18. The molecule has 0 spiro atoms. The van der Waals surface area contributed by atoms with Crippen LogP contribution in [0.1, 0.15) is 24.5 Å². The first-order chi connectivity index (χ1) is 14.5. The van der Waals surface area contributed by atoms with E-state index in [9.17, 15) is 14.4 Å². The molecule has 2 heterocycles. The minimum absolute atomic E-state index is 0.0683. The number of aromatic nitrogens is 2. The average Bonchev–Trinajstić information content (AvgIpc) is 2.73. The molecule has 0 bridgehead atoms. The first-order valence-electron chi connectivity index (χ1n) is 9.69. The summed E-state index contributed by atoms with van der Waals surface area (Å²) in [4.78, 5) is 36.1. The number of nitrogens with zero attached hydrogens (tertiary/aromatic N) is 2. The molecule has 0 atom stereocenters. The maximum atomic E-state index is 12.5. The molecular formula is C23H20N2O5. The number of para-hydroxylation sites is 1. The molecule has 4 aromatic rings. The molecule has 2 aromatic heterocycles. The molecule has 7 nitrogen and oxygen atoms in total. The molecule has 7 heteroatoms. The topological polar surface area (TPSA) is 91.4 Å². The Morgan fingerprint density at radius 3 is 2.73 bits per heavy atom. The fraction of sp³-hybridized carbons (Fsp3) is 0.217. The zero-order valence-electron chi connectivity index (χ0n) is 16.7. The molecule has 0 N–H and O–H groups in total. The van der Waals surface area contributed by atoms with E-state index in [1.807, 2.05) is 26.0 Å². The van der Waals surface area contributed by atoms with Crippen molar-refractivity contribution in [2.45, 2.75) is 33.2 Å². The number of hydrogen-bond donors (Lipinski definition) is 0. The second-order valence-corrected chi connectivity index (χ2v) is 7.03.